The molecule has 1 fully saturated rings. The second-order valence-electron chi connectivity index (χ2n) is 6.57. The fourth-order valence-electron chi connectivity index (χ4n) is 2.74. The highest BCUT2D eigenvalue weighted by Crippen LogP contribution is 2.17. The fourth-order valence-corrected chi connectivity index (χ4v) is 4.42. The maximum atomic E-state index is 12.6. The van der Waals surface area contributed by atoms with Crippen LogP contribution in [0.5, 0.6) is 0 Å². The summed E-state index contributed by atoms with van der Waals surface area (Å²) in [7, 11) is -3.63. The van der Waals surface area contributed by atoms with Gasteiger partial charge in [-0.05, 0) is 42.0 Å². The van der Waals surface area contributed by atoms with Gasteiger partial charge >= 0.3 is 0 Å². The van der Waals surface area contributed by atoms with Crippen LogP contribution in [0.25, 0.3) is 0 Å². The number of carbonyl (C=O) groups excluding carboxylic acids is 2. The van der Waals surface area contributed by atoms with Gasteiger partial charge in [-0.15, -0.1) is 0 Å². The molecule has 0 saturated carbocycles. The Morgan fingerprint density at radius 2 is 1.71 bits per heavy atom. The molecule has 2 amide bonds. The van der Waals surface area contributed by atoms with Gasteiger partial charge in [0.25, 0.3) is 11.8 Å². The van der Waals surface area contributed by atoms with E-state index in [-0.39, 0.29) is 17.0 Å². The Labute approximate surface area is 188 Å². The zero-order chi connectivity index (χ0) is 22.3. The topological polar surface area (TPSA) is 117 Å². The average molecular weight is 509 g/mol. The minimum absolute atomic E-state index is 0.103. The van der Waals surface area contributed by atoms with Crippen molar-refractivity contribution in [1.82, 2.24) is 15.0 Å². The summed E-state index contributed by atoms with van der Waals surface area (Å²) in [5.41, 5.74) is 3.37. The van der Waals surface area contributed by atoms with Gasteiger partial charge in [-0.3, -0.25) is 9.59 Å². The van der Waals surface area contributed by atoms with Gasteiger partial charge in [-0.2, -0.15) is 9.41 Å². The van der Waals surface area contributed by atoms with Crippen LogP contribution in [-0.4, -0.2) is 63.6 Å². The van der Waals surface area contributed by atoms with Crippen molar-refractivity contribution >= 4 is 44.0 Å². The SMILES string of the molecule is O=C(CNC(=O)c1ccc(S(=O)(=O)N2CCOCC2)cc1)N/N=C/c1ccc(Br)cc1. The van der Waals surface area contributed by atoms with E-state index in [2.05, 4.69) is 31.8 Å². The number of benzene rings is 2. The van der Waals surface area contributed by atoms with Crippen LogP contribution in [0, 0.1) is 0 Å². The summed E-state index contributed by atoms with van der Waals surface area (Å²) in [4.78, 5) is 24.2. The van der Waals surface area contributed by atoms with Crippen molar-refractivity contribution < 1.29 is 22.7 Å². The molecule has 1 heterocycles. The van der Waals surface area contributed by atoms with Crippen LogP contribution >= 0.6 is 15.9 Å². The predicted octanol–water partition coefficient (Wildman–Crippen LogP) is 1.35. The molecule has 1 aliphatic heterocycles. The van der Waals surface area contributed by atoms with Crippen LogP contribution in [-0.2, 0) is 19.6 Å². The monoisotopic (exact) mass is 508 g/mol. The number of hydrogen-bond acceptors (Lipinski definition) is 6. The molecule has 31 heavy (non-hydrogen) atoms. The summed E-state index contributed by atoms with van der Waals surface area (Å²) in [6.07, 6.45) is 1.49. The molecule has 1 aliphatic rings. The molecular formula is C20H21BrN4O5S. The molecule has 2 aromatic rings. The fraction of sp³-hybridized carbons (Fsp3) is 0.250. The third kappa shape index (κ3) is 6.44. The van der Waals surface area contributed by atoms with Crippen molar-refractivity contribution in [1.29, 1.82) is 0 Å². The number of hydrogen-bond donors (Lipinski definition) is 2. The molecular weight excluding hydrogens is 488 g/mol. The lowest BCUT2D eigenvalue weighted by Crippen LogP contribution is -2.40. The highest BCUT2D eigenvalue weighted by molar-refractivity contribution is 9.10. The number of morpholine rings is 1. The second-order valence-corrected chi connectivity index (χ2v) is 9.42. The minimum atomic E-state index is -3.63. The van der Waals surface area contributed by atoms with Crippen LogP contribution < -0.4 is 10.7 Å². The Hall–Kier alpha value is -2.60. The van der Waals surface area contributed by atoms with Crippen LogP contribution in [0.15, 0.2) is 63.0 Å². The first-order valence-corrected chi connectivity index (χ1v) is 11.6. The smallest absolute Gasteiger partial charge is 0.259 e. The lowest BCUT2D eigenvalue weighted by molar-refractivity contribution is -0.120. The van der Waals surface area contributed by atoms with E-state index in [1.165, 1.54) is 34.8 Å². The number of sulfonamides is 1. The number of amides is 2. The Bertz CT molecular complexity index is 1050. The van der Waals surface area contributed by atoms with E-state index in [0.29, 0.717) is 26.3 Å². The second kappa shape index (κ2) is 10.6. The van der Waals surface area contributed by atoms with Gasteiger partial charge in [0.15, 0.2) is 0 Å². The predicted molar refractivity (Wildman–Crippen MR) is 118 cm³/mol. The molecule has 3 rings (SSSR count). The zero-order valence-electron chi connectivity index (χ0n) is 16.5. The van der Waals surface area contributed by atoms with Crippen LogP contribution in [0.3, 0.4) is 0 Å². The molecule has 0 atom stereocenters. The van der Waals surface area contributed by atoms with Gasteiger partial charge in [0.1, 0.15) is 0 Å². The van der Waals surface area contributed by atoms with E-state index >= 15 is 0 Å². The number of hydrazone groups is 1. The summed E-state index contributed by atoms with van der Waals surface area (Å²) in [6, 6.07) is 12.9. The Morgan fingerprint density at radius 1 is 1.06 bits per heavy atom. The average Bonchev–Trinajstić information content (AvgIpc) is 2.79. The zero-order valence-corrected chi connectivity index (χ0v) is 18.9. The third-order valence-electron chi connectivity index (χ3n) is 4.41. The first-order valence-electron chi connectivity index (χ1n) is 9.40. The molecule has 0 aliphatic carbocycles. The van der Waals surface area contributed by atoms with Gasteiger partial charge in [-0.1, -0.05) is 28.1 Å². The summed E-state index contributed by atoms with van der Waals surface area (Å²) >= 11 is 3.33. The standard InChI is InChI=1S/C20H21BrN4O5S/c21-17-5-1-15(2-6-17)13-23-24-19(26)14-22-20(27)16-3-7-18(8-4-16)31(28,29)25-9-11-30-12-10-25/h1-8,13H,9-12,14H2,(H,22,27)(H,24,26)/b23-13+. The molecule has 0 bridgehead atoms. The van der Waals surface area contributed by atoms with E-state index in [1.54, 1.807) is 0 Å². The van der Waals surface area contributed by atoms with Crippen LogP contribution in [0.1, 0.15) is 15.9 Å². The molecule has 0 spiro atoms. The van der Waals surface area contributed by atoms with Gasteiger partial charge in [0.05, 0.1) is 30.9 Å². The van der Waals surface area contributed by atoms with Gasteiger partial charge in [0.2, 0.25) is 10.0 Å². The normalized spacial score (nSPS) is 15.0. The molecule has 9 nitrogen and oxygen atoms in total. The van der Waals surface area contributed by atoms with Gasteiger partial charge in [0, 0.05) is 23.1 Å². The van der Waals surface area contributed by atoms with Crippen molar-refractivity contribution in [3.8, 4) is 0 Å². The Morgan fingerprint density at radius 3 is 2.35 bits per heavy atom. The van der Waals surface area contributed by atoms with E-state index < -0.39 is 21.8 Å². The summed E-state index contributed by atoms with van der Waals surface area (Å²) < 4.78 is 32.7. The van der Waals surface area contributed by atoms with E-state index in [9.17, 15) is 18.0 Å². The molecule has 11 heteroatoms. The number of ether oxygens (including phenoxy) is 1. The Kier molecular flexibility index (Phi) is 7.91. The highest BCUT2D eigenvalue weighted by atomic mass is 79.9. The Balaban J connectivity index is 1.50. The molecule has 164 valence electrons. The van der Waals surface area contributed by atoms with Crippen molar-refractivity contribution in [2.45, 2.75) is 4.90 Å². The van der Waals surface area contributed by atoms with E-state index in [0.717, 1.165) is 10.0 Å². The quantitative estimate of drug-likeness (QED) is 0.432. The number of nitrogens with zero attached hydrogens (tertiary/aromatic N) is 2. The number of halogens is 1. The van der Waals surface area contributed by atoms with Gasteiger partial charge < -0.3 is 10.1 Å². The van der Waals surface area contributed by atoms with Crippen molar-refractivity contribution in [3.05, 3.63) is 64.1 Å². The van der Waals surface area contributed by atoms with E-state index in [4.69, 9.17) is 4.74 Å². The summed E-state index contributed by atoms with van der Waals surface area (Å²) in [6.45, 7) is 1.03. The summed E-state index contributed by atoms with van der Waals surface area (Å²) in [5.74, 6) is -0.990. The maximum Gasteiger partial charge on any atom is 0.259 e. The maximum absolute atomic E-state index is 12.6. The van der Waals surface area contributed by atoms with Crippen molar-refractivity contribution in [3.63, 3.8) is 0 Å². The molecule has 2 N–H and O–H groups in total. The van der Waals surface area contributed by atoms with Crippen molar-refractivity contribution in [2.75, 3.05) is 32.8 Å². The largest absolute Gasteiger partial charge is 0.379 e. The van der Waals surface area contributed by atoms with E-state index in [1.807, 2.05) is 24.3 Å². The highest BCUT2D eigenvalue weighted by Gasteiger charge is 2.26. The summed E-state index contributed by atoms with van der Waals surface area (Å²) in [5, 5.41) is 6.30. The number of rotatable bonds is 7. The molecule has 0 radical (unpaired) electrons. The third-order valence-corrected chi connectivity index (χ3v) is 6.85. The molecule has 0 aromatic heterocycles. The lowest BCUT2D eigenvalue weighted by Gasteiger charge is -2.26. The molecule has 2 aromatic carbocycles. The minimum Gasteiger partial charge on any atom is -0.379 e. The first kappa shape index (κ1) is 23.1. The van der Waals surface area contributed by atoms with Gasteiger partial charge in [-0.25, -0.2) is 13.8 Å². The van der Waals surface area contributed by atoms with Crippen LogP contribution in [0.4, 0.5) is 0 Å². The first-order chi connectivity index (χ1) is 14.9. The van der Waals surface area contributed by atoms with Crippen LogP contribution in [0.2, 0.25) is 0 Å². The molecule has 0 unspecified atom stereocenters. The number of nitrogens with one attached hydrogen (secondary N) is 2. The molecule has 1 saturated heterocycles. The lowest BCUT2D eigenvalue weighted by atomic mass is 10.2. The van der Waals surface area contributed by atoms with Crippen molar-refractivity contribution in [2.24, 2.45) is 5.10 Å². The number of carbonyl (C=O) groups is 2.